The van der Waals surface area contributed by atoms with Crippen molar-refractivity contribution in [1.29, 1.82) is 0 Å². The van der Waals surface area contributed by atoms with Crippen LogP contribution in [0.1, 0.15) is 58.8 Å². The van der Waals surface area contributed by atoms with E-state index in [-0.39, 0.29) is 61.3 Å². The molecule has 0 aromatic rings. The maximum atomic E-state index is 14.7. The van der Waals surface area contributed by atoms with Crippen molar-refractivity contribution in [2.24, 2.45) is 17.3 Å². The maximum absolute atomic E-state index is 14.7. The van der Waals surface area contributed by atoms with E-state index in [1.54, 1.807) is 9.80 Å². The minimum atomic E-state index is -1.36. The van der Waals surface area contributed by atoms with Crippen molar-refractivity contribution in [2.45, 2.75) is 83.2 Å². The highest BCUT2D eigenvalue weighted by atomic mass is 19.1. The van der Waals surface area contributed by atoms with Crippen molar-refractivity contribution < 1.29 is 43.9 Å². The van der Waals surface area contributed by atoms with Gasteiger partial charge in [0.1, 0.15) is 17.7 Å². The molecular formula is C32H52FN3O8. The summed E-state index contributed by atoms with van der Waals surface area (Å²) >= 11 is 0. The van der Waals surface area contributed by atoms with Crippen LogP contribution in [0.15, 0.2) is 36.4 Å². The number of halogens is 1. The highest BCUT2D eigenvalue weighted by Crippen LogP contribution is 2.61. The van der Waals surface area contributed by atoms with Gasteiger partial charge >= 0.3 is 6.09 Å². The number of aliphatic hydroxyl groups excluding tert-OH is 4. The molecule has 12 heteroatoms. The fraction of sp³-hybridized carbons (Fsp3) is 0.750. The van der Waals surface area contributed by atoms with Crippen molar-refractivity contribution in [1.82, 2.24) is 15.1 Å². The molecule has 0 bridgehead atoms. The summed E-state index contributed by atoms with van der Waals surface area (Å²) in [4.78, 5) is 28.1. The van der Waals surface area contributed by atoms with E-state index in [1.165, 1.54) is 12.5 Å². The summed E-state index contributed by atoms with van der Waals surface area (Å²) in [7, 11) is 0. The fourth-order valence-electron chi connectivity index (χ4n) is 6.08. The number of hydrogen-bond donors (Lipinski definition) is 5. The second-order valence-corrected chi connectivity index (χ2v) is 12.9. The lowest BCUT2D eigenvalue weighted by Crippen LogP contribution is -2.54. The summed E-state index contributed by atoms with van der Waals surface area (Å²) in [5.41, 5.74) is 0.384. The lowest BCUT2D eigenvalue weighted by atomic mass is 9.90. The first kappa shape index (κ1) is 36.0. The van der Waals surface area contributed by atoms with Gasteiger partial charge in [0, 0.05) is 57.9 Å². The van der Waals surface area contributed by atoms with Gasteiger partial charge in [0.15, 0.2) is 0 Å². The first-order valence-electron chi connectivity index (χ1n) is 15.8. The van der Waals surface area contributed by atoms with Crippen LogP contribution in [0.5, 0.6) is 0 Å². The van der Waals surface area contributed by atoms with E-state index in [1.807, 2.05) is 13.8 Å². The van der Waals surface area contributed by atoms with Crippen LogP contribution in [-0.2, 0) is 14.3 Å². The number of aliphatic hydroxyl groups is 4. The Hall–Kier alpha value is -2.51. The first-order chi connectivity index (χ1) is 20.8. The molecule has 1 aliphatic carbocycles. The molecule has 0 aromatic carbocycles. The Morgan fingerprint density at radius 3 is 2.43 bits per heavy atom. The molecule has 0 radical (unpaired) electrons. The maximum Gasteiger partial charge on any atom is 0.410 e. The van der Waals surface area contributed by atoms with Crippen molar-refractivity contribution in [3.8, 4) is 0 Å². The largest absolute Gasteiger partial charge is 0.494 e. The second-order valence-electron chi connectivity index (χ2n) is 12.9. The highest BCUT2D eigenvalue weighted by Gasteiger charge is 2.54. The van der Waals surface area contributed by atoms with Gasteiger partial charge in [-0.25, -0.2) is 9.18 Å². The minimum Gasteiger partial charge on any atom is -0.494 e. The predicted molar refractivity (Wildman–Crippen MR) is 163 cm³/mol. The van der Waals surface area contributed by atoms with E-state index >= 15 is 0 Å². The van der Waals surface area contributed by atoms with Crippen LogP contribution in [-0.4, -0.2) is 119 Å². The average molecular weight is 626 g/mol. The Kier molecular flexibility index (Phi) is 13.6. The standard InChI is InChI=1S/C32H52FN3O8/c1-21(2)44-31(42)35-10-8-32(9-11-35)16-25(32)6-5-13-43-23(4)15-26(33)22(3)14-29(40)36-19-24(20-36)17-34-18-28(39)30(41)27(38)7-12-37/h15,21,24-25,27-28,30,34,37-39,41H,3-14,16-20H2,1-2H3/b26-15+/t25?,27-,28+,30+/m1/s1. The molecule has 1 unspecified atom stereocenters. The van der Waals surface area contributed by atoms with Crippen LogP contribution in [0.4, 0.5) is 9.18 Å². The van der Waals surface area contributed by atoms with Crippen LogP contribution in [0.2, 0.25) is 0 Å². The summed E-state index contributed by atoms with van der Waals surface area (Å²) in [6, 6.07) is 0. The topological polar surface area (TPSA) is 152 Å². The third-order valence-electron chi connectivity index (χ3n) is 9.00. The van der Waals surface area contributed by atoms with Crippen LogP contribution < -0.4 is 5.32 Å². The molecule has 5 N–H and O–H groups in total. The molecule has 4 atom stereocenters. The number of allylic oxidation sites excluding steroid dienone is 2. The average Bonchev–Trinajstić information content (AvgIpc) is 3.62. The van der Waals surface area contributed by atoms with Gasteiger partial charge in [0.05, 0.1) is 31.3 Å². The van der Waals surface area contributed by atoms with Crippen LogP contribution in [0.25, 0.3) is 0 Å². The van der Waals surface area contributed by atoms with Crippen LogP contribution in [0, 0.1) is 17.3 Å². The van der Waals surface area contributed by atoms with E-state index in [0.717, 1.165) is 38.8 Å². The number of likely N-dealkylation sites (tertiary alicyclic amines) is 2. The molecule has 3 fully saturated rings. The molecule has 250 valence electrons. The van der Waals surface area contributed by atoms with Gasteiger partial charge in [-0.05, 0) is 69.3 Å². The normalized spacial score (nSPS) is 21.9. The summed E-state index contributed by atoms with van der Waals surface area (Å²) < 4.78 is 25.6. The van der Waals surface area contributed by atoms with Crippen molar-refractivity contribution in [3.05, 3.63) is 36.4 Å². The summed E-state index contributed by atoms with van der Waals surface area (Å²) in [5.74, 6) is 0.0875. The van der Waals surface area contributed by atoms with Crippen molar-refractivity contribution >= 4 is 12.0 Å². The van der Waals surface area contributed by atoms with Crippen molar-refractivity contribution in [3.63, 3.8) is 0 Å². The zero-order valence-corrected chi connectivity index (χ0v) is 26.3. The molecule has 1 saturated carbocycles. The number of nitrogens with one attached hydrogen (secondary N) is 1. The van der Waals surface area contributed by atoms with E-state index in [4.69, 9.17) is 14.6 Å². The molecular weight excluding hydrogens is 573 g/mol. The summed E-state index contributed by atoms with van der Waals surface area (Å²) in [6.07, 6.45) is 1.89. The van der Waals surface area contributed by atoms with Gasteiger partial charge in [-0.1, -0.05) is 13.2 Å². The molecule has 2 amide bonds. The van der Waals surface area contributed by atoms with Gasteiger partial charge in [0.25, 0.3) is 0 Å². The number of hydrogen-bond acceptors (Lipinski definition) is 9. The molecule has 2 saturated heterocycles. The Morgan fingerprint density at radius 2 is 1.80 bits per heavy atom. The predicted octanol–water partition coefficient (Wildman–Crippen LogP) is 2.26. The fourth-order valence-corrected chi connectivity index (χ4v) is 6.08. The number of ether oxygens (including phenoxy) is 2. The van der Waals surface area contributed by atoms with Crippen LogP contribution >= 0.6 is 0 Å². The quantitative estimate of drug-likeness (QED) is 0.0878. The van der Waals surface area contributed by atoms with E-state index < -0.39 is 24.1 Å². The molecule has 11 nitrogen and oxygen atoms in total. The number of carbonyl (C=O) groups excluding carboxylic acids is 2. The second kappa shape index (κ2) is 16.7. The summed E-state index contributed by atoms with van der Waals surface area (Å²) in [6.45, 7) is 14.3. The molecule has 1 spiro atoms. The number of nitrogens with zero attached hydrogens (tertiary/aromatic N) is 2. The highest BCUT2D eigenvalue weighted by molar-refractivity contribution is 5.80. The molecule has 44 heavy (non-hydrogen) atoms. The van der Waals surface area contributed by atoms with E-state index in [2.05, 4.69) is 18.5 Å². The molecule has 2 aliphatic heterocycles. The SMILES string of the molecule is C=C(/C=C(/F)C(=C)CC(=O)N1CC(CNC[C@H](O)[C@@H](O)[C@H](O)CCO)C1)OCCCC1CC12CCN(C(=O)OC(C)C)CC2. The molecule has 0 aromatic heterocycles. The summed E-state index contributed by atoms with van der Waals surface area (Å²) in [5, 5.41) is 41.3. The van der Waals surface area contributed by atoms with Gasteiger partial charge < -0.3 is 45.0 Å². The van der Waals surface area contributed by atoms with Crippen molar-refractivity contribution in [2.75, 3.05) is 52.5 Å². The Labute approximate surface area is 260 Å². The Morgan fingerprint density at radius 1 is 1.11 bits per heavy atom. The zero-order valence-electron chi connectivity index (χ0n) is 26.3. The molecule has 3 aliphatic rings. The van der Waals surface area contributed by atoms with Gasteiger partial charge in [-0.3, -0.25) is 4.79 Å². The monoisotopic (exact) mass is 625 g/mol. The van der Waals surface area contributed by atoms with Crippen LogP contribution in [0.3, 0.4) is 0 Å². The minimum absolute atomic E-state index is 0.0252. The van der Waals surface area contributed by atoms with Gasteiger partial charge in [-0.2, -0.15) is 0 Å². The van der Waals surface area contributed by atoms with Gasteiger partial charge in [-0.15, -0.1) is 0 Å². The third kappa shape index (κ3) is 10.5. The first-order valence-corrected chi connectivity index (χ1v) is 15.8. The Bertz CT molecular complexity index is 1020. The molecule has 3 rings (SSSR count). The van der Waals surface area contributed by atoms with E-state index in [9.17, 15) is 29.3 Å². The van der Waals surface area contributed by atoms with Gasteiger partial charge in [0.2, 0.25) is 5.91 Å². The number of amides is 2. The lowest BCUT2D eigenvalue weighted by Gasteiger charge is -2.39. The number of carbonyl (C=O) groups is 2. The smallest absolute Gasteiger partial charge is 0.410 e. The Balaban J connectivity index is 1.24. The molecule has 2 heterocycles. The number of piperidine rings is 1. The lowest BCUT2D eigenvalue weighted by molar-refractivity contribution is -0.136. The van der Waals surface area contributed by atoms with E-state index in [0.29, 0.717) is 37.6 Å². The number of rotatable bonds is 18. The zero-order chi connectivity index (χ0) is 32.4. The third-order valence-corrected chi connectivity index (χ3v) is 9.00.